The number of anilines is 1. The first-order valence-electron chi connectivity index (χ1n) is 8.07. The smallest absolute Gasteiger partial charge is 0.243 e. The zero-order chi connectivity index (χ0) is 17.6. The van der Waals surface area contributed by atoms with E-state index < -0.39 is 10.0 Å². The Hall–Kier alpha value is -2.45. The van der Waals surface area contributed by atoms with Gasteiger partial charge in [0.25, 0.3) is 0 Å². The van der Waals surface area contributed by atoms with Gasteiger partial charge in [-0.25, -0.2) is 8.42 Å². The van der Waals surface area contributed by atoms with Gasteiger partial charge in [0.05, 0.1) is 17.1 Å². The molecule has 7 nitrogen and oxygen atoms in total. The van der Waals surface area contributed by atoms with Crippen molar-refractivity contribution in [2.75, 3.05) is 11.4 Å². The number of hydrogen-bond acceptors (Lipinski definition) is 4. The number of carbonyl (C=O) groups excluding carboxylic acids is 2. The third kappa shape index (κ3) is 2.67. The summed E-state index contributed by atoms with van der Waals surface area (Å²) in [4.78, 5) is 24.8. The Morgan fingerprint density at radius 1 is 0.880 bits per heavy atom. The summed E-state index contributed by atoms with van der Waals surface area (Å²) in [6.45, 7) is 1.37. The molecule has 8 heteroatoms. The maximum absolute atomic E-state index is 12.8. The molecule has 1 fully saturated rings. The van der Waals surface area contributed by atoms with Gasteiger partial charge in [0, 0.05) is 37.8 Å². The predicted molar refractivity (Wildman–Crippen MR) is 90.2 cm³/mol. The predicted octanol–water partition coefficient (Wildman–Crippen LogP) is 1.35. The van der Waals surface area contributed by atoms with Crippen LogP contribution in [0.1, 0.15) is 18.5 Å². The van der Waals surface area contributed by atoms with Crippen LogP contribution in [0, 0.1) is 0 Å². The van der Waals surface area contributed by atoms with Gasteiger partial charge in [-0.05, 0) is 36.4 Å². The van der Waals surface area contributed by atoms with Gasteiger partial charge in [0.2, 0.25) is 21.8 Å². The molecule has 0 N–H and O–H groups in total. The quantitative estimate of drug-likeness (QED) is 0.775. The van der Waals surface area contributed by atoms with Crippen molar-refractivity contribution >= 4 is 27.5 Å². The van der Waals surface area contributed by atoms with Gasteiger partial charge in [-0.2, -0.15) is 4.31 Å². The minimum Gasteiger partial charge on any atom is -0.349 e. The molecular weight excluding hydrogens is 342 g/mol. The van der Waals surface area contributed by atoms with Crippen molar-refractivity contribution in [3.05, 3.63) is 48.3 Å². The lowest BCUT2D eigenvalue weighted by Gasteiger charge is -2.28. The van der Waals surface area contributed by atoms with Crippen LogP contribution in [0.4, 0.5) is 5.69 Å². The third-order valence-corrected chi connectivity index (χ3v) is 6.50. The third-order valence-electron chi connectivity index (χ3n) is 4.64. The van der Waals surface area contributed by atoms with Gasteiger partial charge < -0.3 is 4.57 Å². The molecule has 1 aromatic heterocycles. The van der Waals surface area contributed by atoms with Crippen LogP contribution >= 0.6 is 0 Å². The zero-order valence-electron chi connectivity index (χ0n) is 13.5. The Balaban J connectivity index is 1.59. The van der Waals surface area contributed by atoms with E-state index in [0.29, 0.717) is 25.3 Å². The summed E-state index contributed by atoms with van der Waals surface area (Å²) in [5.41, 5.74) is 1.37. The van der Waals surface area contributed by atoms with Gasteiger partial charge in [0.15, 0.2) is 0 Å². The second-order valence-electron chi connectivity index (χ2n) is 6.15. The van der Waals surface area contributed by atoms with E-state index in [4.69, 9.17) is 0 Å². The first-order valence-corrected chi connectivity index (χ1v) is 9.51. The highest BCUT2D eigenvalue weighted by Crippen LogP contribution is 2.26. The minimum atomic E-state index is -3.62. The lowest BCUT2D eigenvalue weighted by Crippen LogP contribution is -2.37. The van der Waals surface area contributed by atoms with Gasteiger partial charge >= 0.3 is 0 Å². The number of sulfonamides is 1. The Labute approximate surface area is 145 Å². The number of benzene rings is 1. The standard InChI is InChI=1S/C17H17N3O4S/c21-16-7-8-17(22)20(16)13-3-5-15(6-4-13)25(23,24)19-11-10-18-9-1-2-14(18)12-19/h1-6,9H,7-8,10-12H2. The monoisotopic (exact) mass is 359 g/mol. The highest BCUT2D eigenvalue weighted by molar-refractivity contribution is 7.89. The number of hydrogen-bond donors (Lipinski definition) is 0. The molecular formula is C17H17N3O4S. The van der Waals surface area contributed by atoms with Crippen LogP contribution in [-0.4, -0.2) is 35.6 Å². The summed E-state index contributed by atoms with van der Waals surface area (Å²) in [7, 11) is -3.62. The fraction of sp³-hybridized carbons (Fsp3) is 0.294. The molecule has 0 saturated carbocycles. The van der Waals surface area contributed by atoms with Crippen LogP contribution in [0.15, 0.2) is 47.5 Å². The molecule has 1 saturated heterocycles. The highest BCUT2D eigenvalue weighted by Gasteiger charge is 2.31. The van der Waals surface area contributed by atoms with Crippen molar-refractivity contribution in [3.8, 4) is 0 Å². The normalized spacial score (nSPS) is 18.6. The largest absolute Gasteiger partial charge is 0.349 e. The first-order chi connectivity index (χ1) is 12.0. The van der Waals surface area contributed by atoms with Gasteiger partial charge in [-0.3, -0.25) is 14.5 Å². The molecule has 2 aliphatic heterocycles. The summed E-state index contributed by atoms with van der Waals surface area (Å²) < 4.78 is 29.2. The van der Waals surface area contributed by atoms with Crippen LogP contribution in [-0.2, 0) is 32.7 Å². The van der Waals surface area contributed by atoms with Crippen molar-refractivity contribution in [1.29, 1.82) is 0 Å². The molecule has 0 radical (unpaired) electrons. The minimum absolute atomic E-state index is 0.162. The SMILES string of the molecule is O=C1CCC(=O)N1c1ccc(S(=O)(=O)N2CCn3cccc3C2)cc1. The van der Waals surface area contributed by atoms with Gasteiger partial charge in [0.1, 0.15) is 0 Å². The zero-order valence-corrected chi connectivity index (χ0v) is 14.3. The lowest BCUT2D eigenvalue weighted by atomic mass is 10.3. The molecule has 2 aromatic rings. The van der Waals surface area contributed by atoms with E-state index in [-0.39, 0.29) is 29.6 Å². The summed E-state index contributed by atoms with van der Waals surface area (Å²) in [6.07, 6.45) is 2.34. The summed E-state index contributed by atoms with van der Waals surface area (Å²) in [5.74, 6) is -0.505. The van der Waals surface area contributed by atoms with Crippen LogP contribution in [0.25, 0.3) is 0 Å². The van der Waals surface area contributed by atoms with E-state index in [1.807, 2.05) is 22.9 Å². The second-order valence-corrected chi connectivity index (χ2v) is 8.09. The molecule has 0 unspecified atom stereocenters. The van der Waals surface area contributed by atoms with Crippen molar-refractivity contribution in [3.63, 3.8) is 0 Å². The van der Waals surface area contributed by atoms with Crippen molar-refractivity contribution in [2.24, 2.45) is 0 Å². The molecule has 4 rings (SSSR count). The van der Waals surface area contributed by atoms with E-state index in [1.165, 1.54) is 28.6 Å². The fourth-order valence-corrected chi connectivity index (χ4v) is 4.68. The Kier molecular flexibility index (Phi) is 3.73. The topological polar surface area (TPSA) is 79.7 Å². The Bertz CT molecular complexity index is 931. The Morgan fingerprint density at radius 3 is 2.24 bits per heavy atom. The van der Waals surface area contributed by atoms with E-state index in [9.17, 15) is 18.0 Å². The second kappa shape index (κ2) is 5.82. The number of rotatable bonds is 3. The number of amides is 2. The highest BCUT2D eigenvalue weighted by atomic mass is 32.2. The van der Waals surface area contributed by atoms with Crippen molar-refractivity contribution in [1.82, 2.24) is 8.87 Å². The van der Waals surface area contributed by atoms with Crippen LogP contribution in [0.3, 0.4) is 0 Å². The molecule has 0 aliphatic carbocycles. The number of fused-ring (bicyclic) bond motifs is 1. The first kappa shape index (κ1) is 16.0. The average Bonchev–Trinajstić information content (AvgIpc) is 3.20. The van der Waals surface area contributed by atoms with Crippen molar-refractivity contribution < 1.29 is 18.0 Å². The van der Waals surface area contributed by atoms with E-state index in [1.54, 1.807) is 0 Å². The maximum atomic E-state index is 12.8. The molecule has 25 heavy (non-hydrogen) atoms. The van der Waals surface area contributed by atoms with Gasteiger partial charge in [-0.15, -0.1) is 0 Å². The number of nitrogens with zero attached hydrogens (tertiary/aromatic N) is 3. The van der Waals surface area contributed by atoms with Crippen LogP contribution in [0.2, 0.25) is 0 Å². The molecule has 0 atom stereocenters. The summed E-state index contributed by atoms with van der Waals surface area (Å²) in [6, 6.07) is 9.76. The number of carbonyl (C=O) groups is 2. The summed E-state index contributed by atoms with van der Waals surface area (Å²) in [5, 5.41) is 0. The molecule has 0 spiro atoms. The maximum Gasteiger partial charge on any atom is 0.243 e. The van der Waals surface area contributed by atoms with E-state index in [2.05, 4.69) is 0 Å². The molecule has 3 heterocycles. The van der Waals surface area contributed by atoms with Gasteiger partial charge in [-0.1, -0.05) is 0 Å². The molecule has 2 aliphatic rings. The average molecular weight is 359 g/mol. The molecule has 0 bridgehead atoms. The van der Waals surface area contributed by atoms with Crippen LogP contribution < -0.4 is 4.90 Å². The van der Waals surface area contributed by atoms with Crippen LogP contribution in [0.5, 0.6) is 0 Å². The summed E-state index contributed by atoms with van der Waals surface area (Å²) >= 11 is 0. The van der Waals surface area contributed by atoms with Crippen molar-refractivity contribution in [2.45, 2.75) is 30.8 Å². The van der Waals surface area contributed by atoms with E-state index >= 15 is 0 Å². The lowest BCUT2D eigenvalue weighted by molar-refractivity contribution is -0.121. The van der Waals surface area contributed by atoms with E-state index in [0.717, 1.165) is 10.6 Å². The molecule has 1 aromatic carbocycles. The number of imide groups is 1. The Morgan fingerprint density at radius 2 is 1.56 bits per heavy atom. The molecule has 130 valence electrons. The number of aromatic nitrogens is 1. The molecule has 2 amide bonds. The fourth-order valence-electron chi connectivity index (χ4n) is 3.28.